The van der Waals surface area contributed by atoms with Crippen LogP contribution in [-0.4, -0.2) is 62.3 Å². The molecule has 1 aromatic carbocycles. The van der Waals surface area contributed by atoms with Gasteiger partial charge in [-0.3, -0.25) is 9.69 Å². The van der Waals surface area contributed by atoms with Gasteiger partial charge in [-0.2, -0.15) is 4.31 Å². The lowest BCUT2D eigenvalue weighted by Crippen LogP contribution is -2.51. The lowest BCUT2D eigenvalue weighted by atomic mass is 10.1. The van der Waals surface area contributed by atoms with Crippen LogP contribution in [-0.2, 0) is 14.8 Å². The average Bonchev–Trinajstić information content (AvgIpc) is 2.54. The van der Waals surface area contributed by atoms with Crippen molar-refractivity contribution in [1.82, 2.24) is 14.5 Å². The third kappa shape index (κ3) is 5.53. The summed E-state index contributed by atoms with van der Waals surface area (Å²) in [6, 6.07) is 4.01. The fraction of sp³-hybridized carbons (Fsp3) is 0.650. The standard InChI is InChI=1S/C20H33N3O3S/c1-6-7-18(5)21-19(24)14-22-8-10-23(11-9-22)27(25,26)20-16(3)12-15(2)13-17(20)4/h12-13,18H,6-11,14H2,1-5H3,(H,21,24)/t18-/m0/s1. The van der Waals surface area contributed by atoms with E-state index in [-0.39, 0.29) is 11.9 Å². The zero-order chi connectivity index (χ0) is 20.2. The molecule has 7 heteroatoms. The number of aryl methyl sites for hydroxylation is 3. The Balaban J connectivity index is 1.98. The van der Waals surface area contributed by atoms with E-state index in [2.05, 4.69) is 12.2 Å². The van der Waals surface area contributed by atoms with E-state index in [9.17, 15) is 13.2 Å². The Morgan fingerprint density at radius 1 is 1.11 bits per heavy atom. The third-order valence-corrected chi connectivity index (χ3v) is 7.23. The zero-order valence-corrected chi connectivity index (χ0v) is 18.0. The molecule has 1 aliphatic rings. The topological polar surface area (TPSA) is 69.7 Å². The molecule has 1 saturated heterocycles. The summed E-state index contributed by atoms with van der Waals surface area (Å²) in [6.07, 6.45) is 2.00. The van der Waals surface area contributed by atoms with Gasteiger partial charge in [-0.05, 0) is 45.2 Å². The van der Waals surface area contributed by atoms with Crippen molar-refractivity contribution >= 4 is 15.9 Å². The van der Waals surface area contributed by atoms with E-state index in [0.29, 0.717) is 37.6 Å². The van der Waals surface area contributed by atoms with Gasteiger partial charge in [0, 0.05) is 32.2 Å². The number of sulfonamides is 1. The van der Waals surface area contributed by atoms with Crippen molar-refractivity contribution in [3.05, 3.63) is 28.8 Å². The molecular formula is C20H33N3O3S. The lowest BCUT2D eigenvalue weighted by molar-refractivity contribution is -0.123. The Bertz CT molecular complexity index is 746. The summed E-state index contributed by atoms with van der Waals surface area (Å²) in [5.74, 6) is 0.0116. The summed E-state index contributed by atoms with van der Waals surface area (Å²) >= 11 is 0. The number of piperazine rings is 1. The quantitative estimate of drug-likeness (QED) is 0.769. The van der Waals surface area contributed by atoms with Crippen LogP contribution in [0.5, 0.6) is 0 Å². The first kappa shape index (κ1) is 21.9. The van der Waals surface area contributed by atoms with Crippen LogP contribution in [0.3, 0.4) is 0 Å². The van der Waals surface area contributed by atoms with Crippen LogP contribution in [0, 0.1) is 20.8 Å². The van der Waals surface area contributed by atoms with Gasteiger partial charge >= 0.3 is 0 Å². The second kappa shape index (κ2) is 9.17. The summed E-state index contributed by atoms with van der Waals surface area (Å²) in [7, 11) is -3.51. The highest BCUT2D eigenvalue weighted by Crippen LogP contribution is 2.26. The molecule has 27 heavy (non-hydrogen) atoms. The number of amides is 1. The molecule has 1 amide bonds. The minimum atomic E-state index is -3.51. The molecule has 1 atom stereocenters. The molecule has 1 fully saturated rings. The molecule has 0 radical (unpaired) electrons. The van der Waals surface area contributed by atoms with Crippen LogP contribution >= 0.6 is 0 Å². The van der Waals surface area contributed by atoms with E-state index in [1.54, 1.807) is 4.31 Å². The summed E-state index contributed by atoms with van der Waals surface area (Å²) < 4.78 is 27.8. The molecule has 152 valence electrons. The van der Waals surface area contributed by atoms with Gasteiger partial charge in [0.05, 0.1) is 11.4 Å². The van der Waals surface area contributed by atoms with Crippen LogP contribution in [0.2, 0.25) is 0 Å². The molecule has 0 bridgehead atoms. The van der Waals surface area contributed by atoms with Crippen molar-refractivity contribution in [1.29, 1.82) is 0 Å². The van der Waals surface area contributed by atoms with Crippen LogP contribution in [0.1, 0.15) is 43.4 Å². The lowest BCUT2D eigenvalue weighted by Gasteiger charge is -2.34. The van der Waals surface area contributed by atoms with Gasteiger partial charge < -0.3 is 5.32 Å². The van der Waals surface area contributed by atoms with Gasteiger partial charge in [0.1, 0.15) is 0 Å². The Kier molecular flexibility index (Phi) is 7.42. The van der Waals surface area contributed by atoms with E-state index in [4.69, 9.17) is 0 Å². The number of nitrogens with zero attached hydrogens (tertiary/aromatic N) is 2. The molecular weight excluding hydrogens is 362 g/mol. The minimum absolute atomic E-state index is 0.0116. The third-order valence-electron chi connectivity index (χ3n) is 5.03. The van der Waals surface area contributed by atoms with Crippen molar-refractivity contribution in [3.8, 4) is 0 Å². The molecule has 2 rings (SSSR count). The molecule has 1 aromatic rings. The fourth-order valence-electron chi connectivity index (χ4n) is 3.86. The maximum Gasteiger partial charge on any atom is 0.243 e. The molecule has 0 saturated carbocycles. The molecule has 6 nitrogen and oxygen atoms in total. The van der Waals surface area contributed by atoms with Gasteiger partial charge in [-0.25, -0.2) is 8.42 Å². The average molecular weight is 396 g/mol. The van der Waals surface area contributed by atoms with Crippen molar-refractivity contribution in [2.24, 2.45) is 0 Å². The monoisotopic (exact) mass is 395 g/mol. The number of nitrogens with one attached hydrogen (secondary N) is 1. The number of benzene rings is 1. The fourth-order valence-corrected chi connectivity index (χ4v) is 5.69. The Morgan fingerprint density at radius 2 is 1.67 bits per heavy atom. The number of carbonyl (C=O) groups is 1. The zero-order valence-electron chi connectivity index (χ0n) is 17.2. The van der Waals surface area contributed by atoms with Gasteiger partial charge in [0.25, 0.3) is 0 Å². The molecule has 0 unspecified atom stereocenters. The van der Waals surface area contributed by atoms with Gasteiger partial charge in [-0.1, -0.05) is 31.0 Å². The molecule has 1 heterocycles. The maximum atomic E-state index is 13.1. The van der Waals surface area contributed by atoms with Gasteiger partial charge in [0.15, 0.2) is 0 Å². The van der Waals surface area contributed by atoms with E-state index < -0.39 is 10.0 Å². The Labute approximate surface area is 164 Å². The second-order valence-corrected chi connectivity index (χ2v) is 9.54. The molecule has 0 spiro atoms. The predicted molar refractivity (Wildman–Crippen MR) is 108 cm³/mol. The number of rotatable bonds is 7. The van der Waals surface area contributed by atoms with Crippen LogP contribution in [0.25, 0.3) is 0 Å². The number of hydrogen-bond donors (Lipinski definition) is 1. The van der Waals surface area contributed by atoms with Crippen molar-refractivity contribution in [3.63, 3.8) is 0 Å². The molecule has 0 aliphatic carbocycles. The summed E-state index contributed by atoms with van der Waals surface area (Å²) in [5, 5.41) is 3.00. The molecule has 1 aliphatic heterocycles. The van der Waals surface area contributed by atoms with E-state index in [0.717, 1.165) is 29.5 Å². The van der Waals surface area contributed by atoms with Crippen LogP contribution in [0.4, 0.5) is 0 Å². The normalized spacial score (nSPS) is 17.7. The smallest absolute Gasteiger partial charge is 0.243 e. The van der Waals surface area contributed by atoms with E-state index in [1.165, 1.54) is 0 Å². The number of hydrogen-bond acceptors (Lipinski definition) is 4. The summed E-state index contributed by atoms with van der Waals surface area (Å²) in [6.45, 7) is 12.1. The summed E-state index contributed by atoms with van der Waals surface area (Å²) in [5.41, 5.74) is 2.65. The van der Waals surface area contributed by atoms with Crippen molar-refractivity contribution in [2.75, 3.05) is 32.7 Å². The highest BCUT2D eigenvalue weighted by atomic mass is 32.2. The van der Waals surface area contributed by atoms with Gasteiger partial charge in [-0.15, -0.1) is 0 Å². The SMILES string of the molecule is CCC[C@H](C)NC(=O)CN1CCN(S(=O)(=O)c2c(C)cc(C)cc2C)CC1. The predicted octanol–water partition coefficient (Wildman–Crippen LogP) is 2.22. The van der Waals surface area contributed by atoms with E-state index in [1.807, 2.05) is 44.7 Å². The first-order valence-electron chi connectivity index (χ1n) is 9.74. The van der Waals surface area contributed by atoms with Crippen molar-refractivity contribution < 1.29 is 13.2 Å². The largest absolute Gasteiger partial charge is 0.353 e. The highest BCUT2D eigenvalue weighted by molar-refractivity contribution is 7.89. The second-order valence-electron chi connectivity index (χ2n) is 7.67. The van der Waals surface area contributed by atoms with Crippen LogP contribution in [0.15, 0.2) is 17.0 Å². The first-order chi connectivity index (χ1) is 12.6. The number of carbonyl (C=O) groups excluding carboxylic acids is 1. The Hall–Kier alpha value is -1.44. The summed E-state index contributed by atoms with van der Waals surface area (Å²) in [4.78, 5) is 14.6. The molecule has 0 aromatic heterocycles. The van der Waals surface area contributed by atoms with E-state index >= 15 is 0 Å². The highest BCUT2D eigenvalue weighted by Gasteiger charge is 2.31. The first-order valence-corrected chi connectivity index (χ1v) is 11.2. The van der Waals surface area contributed by atoms with Gasteiger partial charge in [0.2, 0.25) is 15.9 Å². The minimum Gasteiger partial charge on any atom is -0.353 e. The van der Waals surface area contributed by atoms with Crippen molar-refractivity contribution in [2.45, 2.75) is 58.4 Å². The Morgan fingerprint density at radius 3 is 2.19 bits per heavy atom. The maximum absolute atomic E-state index is 13.1. The molecule has 1 N–H and O–H groups in total. The van der Waals surface area contributed by atoms with Crippen LogP contribution < -0.4 is 5.32 Å².